The zero-order valence-corrected chi connectivity index (χ0v) is 19.0. The van der Waals surface area contributed by atoms with Gasteiger partial charge in [0.15, 0.2) is 0 Å². The number of methoxy groups -OCH3 is 1. The Labute approximate surface area is 199 Å². The summed E-state index contributed by atoms with van der Waals surface area (Å²) in [6.45, 7) is -0.250. The average molecular weight is 478 g/mol. The van der Waals surface area contributed by atoms with Crippen molar-refractivity contribution in [2.45, 2.75) is 4.87 Å². The number of fused-ring (bicyclic) bond motifs is 2. The maximum atomic E-state index is 13.9. The van der Waals surface area contributed by atoms with Gasteiger partial charge in [-0.15, -0.1) is 11.8 Å². The molecular formula is C25H20FN3O4S. The van der Waals surface area contributed by atoms with Crippen LogP contribution in [-0.4, -0.2) is 37.1 Å². The number of rotatable bonds is 5. The molecule has 7 nitrogen and oxygen atoms in total. The molecule has 1 N–H and O–H groups in total. The molecule has 1 saturated heterocycles. The lowest BCUT2D eigenvalue weighted by Crippen LogP contribution is -2.50. The molecule has 2 aliphatic heterocycles. The standard InChI is InChI=1S/C25H20FN3O4S/c1-33-19-12-10-18(11-13-19)29-23(31)15-34-25(29)20-4-2-3-5-21(20)28(24(25)32)14-22(30)27-17-8-6-16(26)7-9-17/h2-13H,14-15H2,1H3,(H,27,30). The highest BCUT2D eigenvalue weighted by Crippen LogP contribution is 2.55. The summed E-state index contributed by atoms with van der Waals surface area (Å²) in [4.78, 5) is 41.4. The molecule has 5 rings (SSSR count). The van der Waals surface area contributed by atoms with Crippen LogP contribution < -0.4 is 19.9 Å². The van der Waals surface area contributed by atoms with Gasteiger partial charge in [0.1, 0.15) is 18.1 Å². The maximum absolute atomic E-state index is 13.9. The van der Waals surface area contributed by atoms with Crippen molar-refractivity contribution >= 4 is 46.5 Å². The van der Waals surface area contributed by atoms with Crippen molar-refractivity contribution in [3.8, 4) is 5.75 Å². The van der Waals surface area contributed by atoms with E-state index in [9.17, 15) is 18.8 Å². The van der Waals surface area contributed by atoms with Crippen molar-refractivity contribution in [3.63, 3.8) is 0 Å². The van der Waals surface area contributed by atoms with Crippen LogP contribution in [0.3, 0.4) is 0 Å². The number of hydrogen-bond acceptors (Lipinski definition) is 5. The topological polar surface area (TPSA) is 79.0 Å². The molecule has 3 aromatic rings. The molecule has 1 fully saturated rings. The van der Waals surface area contributed by atoms with Crippen LogP contribution in [0.2, 0.25) is 0 Å². The number of anilines is 3. The van der Waals surface area contributed by atoms with Crippen LogP contribution in [0.15, 0.2) is 72.8 Å². The summed E-state index contributed by atoms with van der Waals surface area (Å²) < 4.78 is 18.4. The molecular weight excluding hydrogens is 457 g/mol. The Morgan fingerprint density at radius 3 is 2.47 bits per heavy atom. The second kappa shape index (κ2) is 8.49. The first-order valence-electron chi connectivity index (χ1n) is 10.5. The van der Waals surface area contributed by atoms with Crippen LogP contribution in [0.25, 0.3) is 0 Å². The minimum atomic E-state index is -1.31. The van der Waals surface area contributed by atoms with Crippen LogP contribution in [0.4, 0.5) is 21.5 Å². The first-order valence-corrected chi connectivity index (χ1v) is 11.5. The SMILES string of the molecule is COc1ccc(N2C(=O)CSC23C(=O)N(CC(=O)Nc2ccc(F)cc2)c2ccccc23)cc1. The number of para-hydroxylation sites is 1. The number of carbonyl (C=O) groups excluding carboxylic acids is 3. The van der Waals surface area contributed by atoms with E-state index in [0.29, 0.717) is 28.4 Å². The van der Waals surface area contributed by atoms with Gasteiger partial charge in [-0.2, -0.15) is 0 Å². The number of carbonyl (C=O) groups is 3. The van der Waals surface area contributed by atoms with Gasteiger partial charge >= 0.3 is 0 Å². The zero-order valence-electron chi connectivity index (χ0n) is 18.2. The third-order valence-electron chi connectivity index (χ3n) is 5.82. The fourth-order valence-electron chi connectivity index (χ4n) is 4.32. The van der Waals surface area contributed by atoms with Crippen molar-refractivity contribution in [2.75, 3.05) is 34.5 Å². The number of halogens is 1. The Bertz CT molecular complexity index is 1280. The summed E-state index contributed by atoms with van der Waals surface area (Å²) in [5, 5.41) is 2.69. The smallest absolute Gasteiger partial charge is 0.269 e. The summed E-state index contributed by atoms with van der Waals surface area (Å²) >= 11 is 1.24. The van der Waals surface area contributed by atoms with Gasteiger partial charge in [0, 0.05) is 16.9 Å². The van der Waals surface area contributed by atoms with Crippen LogP contribution in [0.1, 0.15) is 5.56 Å². The molecule has 0 radical (unpaired) electrons. The van der Waals surface area contributed by atoms with Gasteiger partial charge in [0.25, 0.3) is 5.91 Å². The molecule has 9 heteroatoms. The van der Waals surface area contributed by atoms with Gasteiger partial charge in [-0.1, -0.05) is 18.2 Å². The van der Waals surface area contributed by atoms with Gasteiger partial charge in [-0.3, -0.25) is 24.2 Å². The number of nitrogens with zero attached hydrogens (tertiary/aromatic N) is 2. The minimum absolute atomic E-state index is 0.127. The molecule has 172 valence electrons. The highest BCUT2D eigenvalue weighted by atomic mass is 32.2. The molecule has 1 spiro atoms. The summed E-state index contributed by atoms with van der Waals surface area (Å²) in [5.74, 6) is -0.649. The van der Waals surface area contributed by atoms with Crippen LogP contribution in [-0.2, 0) is 19.3 Å². The average Bonchev–Trinajstić information content (AvgIpc) is 3.31. The maximum Gasteiger partial charge on any atom is 0.269 e. The monoisotopic (exact) mass is 477 g/mol. The fraction of sp³-hybridized carbons (Fsp3) is 0.160. The molecule has 0 saturated carbocycles. The van der Waals surface area contributed by atoms with Gasteiger partial charge in [0.05, 0.1) is 18.6 Å². The molecule has 0 bridgehead atoms. The summed E-state index contributed by atoms with van der Waals surface area (Å²) in [7, 11) is 1.55. The van der Waals surface area contributed by atoms with Crippen LogP contribution in [0.5, 0.6) is 5.75 Å². The number of hydrogen-bond donors (Lipinski definition) is 1. The summed E-state index contributed by atoms with van der Waals surface area (Å²) in [6.07, 6.45) is 0. The number of benzene rings is 3. The van der Waals surface area contributed by atoms with E-state index >= 15 is 0 Å². The Balaban J connectivity index is 1.50. The van der Waals surface area contributed by atoms with Crippen molar-refractivity contribution in [3.05, 3.63) is 84.2 Å². The van der Waals surface area contributed by atoms with Crippen molar-refractivity contribution < 1.29 is 23.5 Å². The Morgan fingerprint density at radius 1 is 1.06 bits per heavy atom. The van der Waals surface area contributed by atoms with E-state index in [0.717, 1.165) is 0 Å². The van der Waals surface area contributed by atoms with Gasteiger partial charge in [-0.05, 0) is 54.6 Å². The normalized spacial score (nSPS) is 19.0. The quantitative estimate of drug-likeness (QED) is 0.606. The van der Waals surface area contributed by atoms with Crippen molar-refractivity contribution in [2.24, 2.45) is 0 Å². The molecule has 0 aliphatic carbocycles. The second-order valence-electron chi connectivity index (χ2n) is 7.82. The fourth-order valence-corrected chi connectivity index (χ4v) is 5.68. The first kappa shape index (κ1) is 22.0. The molecule has 2 aliphatic rings. The van der Waals surface area contributed by atoms with Crippen LogP contribution in [0, 0.1) is 5.82 Å². The number of amides is 3. The van der Waals surface area contributed by atoms with E-state index in [1.165, 1.54) is 45.8 Å². The molecule has 3 amide bonds. The van der Waals surface area contributed by atoms with Crippen molar-refractivity contribution in [1.82, 2.24) is 0 Å². The van der Waals surface area contributed by atoms with E-state index in [2.05, 4.69) is 5.32 Å². The molecule has 34 heavy (non-hydrogen) atoms. The first-order chi connectivity index (χ1) is 16.4. The molecule has 1 atom stereocenters. The Hall–Kier alpha value is -3.85. The number of ether oxygens (including phenoxy) is 1. The third-order valence-corrected chi connectivity index (χ3v) is 7.21. The predicted molar refractivity (Wildman–Crippen MR) is 128 cm³/mol. The van der Waals surface area contributed by atoms with Gasteiger partial charge < -0.3 is 10.1 Å². The highest BCUT2D eigenvalue weighted by molar-refractivity contribution is 8.02. The number of nitrogens with one attached hydrogen (secondary N) is 1. The third kappa shape index (κ3) is 3.49. The van der Waals surface area contributed by atoms with Gasteiger partial charge in [0.2, 0.25) is 16.7 Å². The van der Waals surface area contributed by atoms with Gasteiger partial charge in [-0.25, -0.2) is 4.39 Å². The van der Waals surface area contributed by atoms with E-state index in [4.69, 9.17) is 4.74 Å². The second-order valence-corrected chi connectivity index (χ2v) is 8.99. The highest BCUT2D eigenvalue weighted by Gasteiger charge is 2.61. The van der Waals surface area contributed by atoms with E-state index in [-0.39, 0.29) is 24.1 Å². The summed E-state index contributed by atoms with van der Waals surface area (Å²) in [5.41, 5.74) is 2.21. The molecule has 3 aromatic carbocycles. The lowest BCUT2D eigenvalue weighted by Gasteiger charge is -2.33. The van der Waals surface area contributed by atoms with Crippen LogP contribution >= 0.6 is 11.8 Å². The largest absolute Gasteiger partial charge is 0.497 e. The number of thioether (sulfide) groups is 1. The zero-order chi connectivity index (χ0) is 23.9. The Morgan fingerprint density at radius 2 is 1.76 bits per heavy atom. The molecule has 1 unspecified atom stereocenters. The van der Waals surface area contributed by atoms with Crippen molar-refractivity contribution in [1.29, 1.82) is 0 Å². The van der Waals surface area contributed by atoms with E-state index < -0.39 is 16.6 Å². The lowest BCUT2D eigenvalue weighted by atomic mass is 10.0. The molecule has 2 heterocycles. The van der Waals surface area contributed by atoms with E-state index in [1.807, 2.05) is 12.1 Å². The minimum Gasteiger partial charge on any atom is -0.497 e. The molecule has 0 aromatic heterocycles. The predicted octanol–water partition coefficient (Wildman–Crippen LogP) is 3.75. The van der Waals surface area contributed by atoms with E-state index in [1.54, 1.807) is 43.5 Å². The Kier molecular flexibility index (Phi) is 5.49. The lowest BCUT2D eigenvalue weighted by molar-refractivity contribution is -0.124. The summed E-state index contributed by atoms with van der Waals surface area (Å²) in [6, 6.07) is 19.5.